The maximum absolute atomic E-state index is 10.6. The summed E-state index contributed by atoms with van der Waals surface area (Å²) in [5, 5.41) is 10.5. The van der Waals surface area contributed by atoms with Gasteiger partial charge in [-0.25, -0.2) is 9.86 Å². The highest BCUT2D eigenvalue weighted by Crippen LogP contribution is 2.49. The van der Waals surface area contributed by atoms with E-state index in [2.05, 4.69) is 0 Å². The first kappa shape index (κ1) is 11.2. The fourth-order valence-corrected chi connectivity index (χ4v) is 2.19. The summed E-state index contributed by atoms with van der Waals surface area (Å²) in [6.45, 7) is 0.269. The third-order valence-corrected chi connectivity index (χ3v) is 3.23. The number of primary amides is 1. The third kappa shape index (κ3) is 2.28. The van der Waals surface area contributed by atoms with E-state index in [-0.39, 0.29) is 12.5 Å². The quantitative estimate of drug-likeness (QED) is 0.628. The molecular formula is C11H13ClN2O2. The standard InChI is InChI=1S/C11H13ClN2O2/c12-10-4-2-1-3-8(10)9-5-7(9)6-14(16)11(13)15/h1-4,7,9,16H,5-6H2,(H2,13,15). The summed E-state index contributed by atoms with van der Waals surface area (Å²) in [7, 11) is 0. The molecule has 1 aromatic carbocycles. The van der Waals surface area contributed by atoms with Gasteiger partial charge in [0, 0.05) is 5.02 Å². The Morgan fingerprint density at radius 2 is 2.25 bits per heavy atom. The number of rotatable bonds is 3. The van der Waals surface area contributed by atoms with Crippen LogP contribution in [0.5, 0.6) is 0 Å². The highest BCUT2D eigenvalue weighted by Gasteiger charge is 2.40. The predicted octanol–water partition coefficient (Wildman–Crippen LogP) is 2.21. The molecule has 3 N–H and O–H groups in total. The number of urea groups is 1. The number of hydroxylamine groups is 2. The van der Waals surface area contributed by atoms with Crippen LogP contribution in [0.25, 0.3) is 0 Å². The SMILES string of the molecule is NC(=O)N(O)CC1CC1c1ccccc1Cl. The van der Waals surface area contributed by atoms with Crippen molar-refractivity contribution in [2.75, 3.05) is 6.54 Å². The first-order chi connectivity index (χ1) is 7.59. The molecule has 0 aromatic heterocycles. The summed E-state index contributed by atoms with van der Waals surface area (Å²) in [5.41, 5.74) is 6.01. The molecule has 16 heavy (non-hydrogen) atoms. The summed E-state index contributed by atoms with van der Waals surface area (Å²) >= 11 is 6.06. The van der Waals surface area contributed by atoms with Crippen molar-refractivity contribution in [1.82, 2.24) is 5.06 Å². The first-order valence-corrected chi connectivity index (χ1v) is 5.47. The van der Waals surface area contributed by atoms with Crippen molar-refractivity contribution in [2.24, 2.45) is 11.7 Å². The molecule has 0 heterocycles. The number of hydrogen-bond donors (Lipinski definition) is 2. The molecule has 5 heteroatoms. The molecule has 4 nitrogen and oxygen atoms in total. The predicted molar refractivity (Wildman–Crippen MR) is 60.4 cm³/mol. The van der Waals surface area contributed by atoms with Crippen molar-refractivity contribution in [3.8, 4) is 0 Å². The first-order valence-electron chi connectivity index (χ1n) is 5.10. The summed E-state index contributed by atoms with van der Waals surface area (Å²) < 4.78 is 0. The molecule has 1 fully saturated rings. The molecule has 0 spiro atoms. The lowest BCUT2D eigenvalue weighted by Gasteiger charge is -2.11. The van der Waals surface area contributed by atoms with Gasteiger partial charge in [-0.3, -0.25) is 5.21 Å². The van der Waals surface area contributed by atoms with Gasteiger partial charge in [0.2, 0.25) is 0 Å². The Morgan fingerprint density at radius 3 is 2.88 bits per heavy atom. The molecule has 0 saturated heterocycles. The molecule has 1 saturated carbocycles. The lowest BCUT2D eigenvalue weighted by molar-refractivity contribution is -0.0431. The highest BCUT2D eigenvalue weighted by molar-refractivity contribution is 6.31. The van der Waals surface area contributed by atoms with Crippen molar-refractivity contribution >= 4 is 17.6 Å². The number of halogens is 1. The second-order valence-electron chi connectivity index (χ2n) is 4.04. The Morgan fingerprint density at radius 1 is 1.56 bits per heavy atom. The van der Waals surface area contributed by atoms with Gasteiger partial charge in [0.05, 0.1) is 6.54 Å². The van der Waals surface area contributed by atoms with Gasteiger partial charge in [-0.2, -0.15) is 0 Å². The van der Waals surface area contributed by atoms with Crippen molar-refractivity contribution in [2.45, 2.75) is 12.3 Å². The Bertz CT molecular complexity index is 411. The van der Waals surface area contributed by atoms with Crippen LogP contribution in [0.3, 0.4) is 0 Å². The zero-order chi connectivity index (χ0) is 11.7. The molecule has 86 valence electrons. The second-order valence-corrected chi connectivity index (χ2v) is 4.45. The van der Waals surface area contributed by atoms with E-state index in [0.29, 0.717) is 11.0 Å². The van der Waals surface area contributed by atoms with Crippen molar-refractivity contribution in [1.29, 1.82) is 0 Å². The maximum Gasteiger partial charge on any atom is 0.338 e. The molecule has 0 aliphatic heterocycles. The minimum absolute atomic E-state index is 0.248. The molecule has 2 unspecified atom stereocenters. The van der Waals surface area contributed by atoms with E-state index >= 15 is 0 Å². The zero-order valence-corrected chi connectivity index (χ0v) is 9.39. The molecule has 0 radical (unpaired) electrons. The topological polar surface area (TPSA) is 66.6 Å². The van der Waals surface area contributed by atoms with Crippen molar-refractivity contribution < 1.29 is 10.0 Å². The van der Waals surface area contributed by atoms with Crippen LogP contribution >= 0.6 is 11.6 Å². The van der Waals surface area contributed by atoms with Crippen LogP contribution in [-0.4, -0.2) is 22.8 Å². The minimum atomic E-state index is -0.815. The number of carbonyl (C=O) groups is 1. The number of hydrogen-bond acceptors (Lipinski definition) is 2. The van der Waals surface area contributed by atoms with Gasteiger partial charge in [-0.05, 0) is 29.9 Å². The average Bonchev–Trinajstić information content (AvgIpc) is 2.97. The molecule has 0 bridgehead atoms. The fraction of sp³-hybridized carbons (Fsp3) is 0.364. The monoisotopic (exact) mass is 240 g/mol. The van der Waals surface area contributed by atoms with Crippen LogP contribution in [0.1, 0.15) is 17.9 Å². The van der Waals surface area contributed by atoms with Gasteiger partial charge in [-0.15, -0.1) is 0 Å². The molecule has 1 aliphatic carbocycles. The molecule has 1 aromatic rings. The average molecular weight is 241 g/mol. The van der Waals surface area contributed by atoms with Crippen LogP contribution < -0.4 is 5.73 Å². The van der Waals surface area contributed by atoms with Crippen LogP contribution in [0.4, 0.5) is 4.79 Å². The van der Waals surface area contributed by atoms with E-state index in [9.17, 15) is 10.0 Å². The molecule has 2 atom stereocenters. The summed E-state index contributed by atoms with van der Waals surface area (Å²) in [6.07, 6.45) is 0.925. The van der Waals surface area contributed by atoms with Gasteiger partial charge in [0.25, 0.3) is 0 Å². The van der Waals surface area contributed by atoms with Crippen molar-refractivity contribution in [3.63, 3.8) is 0 Å². The highest BCUT2D eigenvalue weighted by atomic mass is 35.5. The van der Waals surface area contributed by atoms with E-state index in [1.807, 2.05) is 24.3 Å². The second kappa shape index (κ2) is 4.31. The Balaban J connectivity index is 1.97. The number of amides is 2. The fourth-order valence-electron chi connectivity index (χ4n) is 1.92. The summed E-state index contributed by atoms with van der Waals surface area (Å²) in [5.74, 6) is 0.570. The van der Waals surface area contributed by atoms with Crippen LogP contribution in [-0.2, 0) is 0 Å². The van der Waals surface area contributed by atoms with Gasteiger partial charge in [0.15, 0.2) is 0 Å². The molecule has 2 amide bonds. The van der Waals surface area contributed by atoms with Crippen LogP contribution in [0, 0.1) is 5.92 Å². The van der Waals surface area contributed by atoms with Gasteiger partial charge >= 0.3 is 6.03 Å². The minimum Gasteiger partial charge on any atom is -0.350 e. The number of nitrogens with two attached hydrogens (primary N) is 1. The Hall–Kier alpha value is -1.26. The van der Waals surface area contributed by atoms with Crippen LogP contribution in [0.2, 0.25) is 5.02 Å². The normalized spacial score (nSPS) is 22.9. The largest absolute Gasteiger partial charge is 0.350 e. The van der Waals surface area contributed by atoms with E-state index in [0.717, 1.165) is 17.0 Å². The van der Waals surface area contributed by atoms with Gasteiger partial charge in [0.1, 0.15) is 0 Å². The van der Waals surface area contributed by atoms with Gasteiger partial charge < -0.3 is 5.73 Å². The van der Waals surface area contributed by atoms with E-state index in [1.165, 1.54) is 0 Å². The van der Waals surface area contributed by atoms with Gasteiger partial charge in [-0.1, -0.05) is 29.8 Å². The third-order valence-electron chi connectivity index (χ3n) is 2.89. The van der Waals surface area contributed by atoms with E-state index < -0.39 is 6.03 Å². The number of nitrogens with zero attached hydrogens (tertiary/aromatic N) is 1. The molecule has 1 aliphatic rings. The number of benzene rings is 1. The van der Waals surface area contributed by atoms with Crippen molar-refractivity contribution in [3.05, 3.63) is 34.9 Å². The summed E-state index contributed by atoms with van der Waals surface area (Å²) in [4.78, 5) is 10.6. The summed E-state index contributed by atoms with van der Waals surface area (Å²) in [6, 6.07) is 6.81. The lowest BCUT2D eigenvalue weighted by atomic mass is 10.1. The number of carbonyl (C=O) groups excluding carboxylic acids is 1. The Labute approximate surface area is 98.6 Å². The lowest BCUT2D eigenvalue weighted by Crippen LogP contribution is -2.34. The maximum atomic E-state index is 10.6. The Kier molecular flexibility index (Phi) is 3.03. The van der Waals surface area contributed by atoms with E-state index in [1.54, 1.807) is 0 Å². The molecular weight excluding hydrogens is 228 g/mol. The smallest absolute Gasteiger partial charge is 0.338 e. The molecule has 2 rings (SSSR count). The van der Waals surface area contributed by atoms with E-state index in [4.69, 9.17) is 17.3 Å². The van der Waals surface area contributed by atoms with Crippen LogP contribution in [0.15, 0.2) is 24.3 Å². The zero-order valence-electron chi connectivity index (χ0n) is 8.64.